The predicted molar refractivity (Wildman–Crippen MR) is 108 cm³/mol. The summed E-state index contributed by atoms with van der Waals surface area (Å²) in [5, 5.41) is 0.887. The molecule has 2 aromatic carbocycles. The number of benzene rings is 2. The summed E-state index contributed by atoms with van der Waals surface area (Å²) in [6.45, 7) is 0. The fourth-order valence-electron chi connectivity index (χ4n) is 2.69. The minimum atomic E-state index is -4.31. The molecule has 0 unspecified atom stereocenters. The number of hydrogen-bond donors (Lipinski definition) is 1. The first-order valence-electron chi connectivity index (χ1n) is 8.48. The molecule has 0 bridgehead atoms. The van der Waals surface area contributed by atoms with E-state index in [1.54, 1.807) is 30.5 Å². The van der Waals surface area contributed by atoms with Crippen molar-refractivity contribution in [2.45, 2.75) is 4.90 Å². The lowest BCUT2D eigenvalue weighted by Crippen LogP contribution is -2.15. The monoisotopic (exact) mass is 447 g/mol. The van der Waals surface area contributed by atoms with E-state index in [1.807, 2.05) is 6.07 Å². The number of sulfonamides is 1. The highest BCUT2D eigenvalue weighted by Crippen LogP contribution is 2.31. The Hall–Kier alpha value is -3.30. The second-order valence-electron chi connectivity index (χ2n) is 6.15. The lowest BCUT2D eigenvalue weighted by molar-refractivity contribution is 0.464. The number of pyridine rings is 2. The van der Waals surface area contributed by atoms with Crippen molar-refractivity contribution in [3.63, 3.8) is 0 Å². The van der Waals surface area contributed by atoms with Crippen LogP contribution in [0.2, 0.25) is 5.02 Å². The van der Waals surface area contributed by atoms with Gasteiger partial charge in [-0.1, -0.05) is 17.7 Å². The van der Waals surface area contributed by atoms with Crippen LogP contribution in [0.25, 0.3) is 10.9 Å². The van der Waals surface area contributed by atoms with Gasteiger partial charge in [0.05, 0.1) is 17.4 Å². The van der Waals surface area contributed by atoms with E-state index in [4.69, 9.17) is 16.3 Å². The van der Waals surface area contributed by atoms with Crippen LogP contribution in [0, 0.1) is 11.6 Å². The SMILES string of the molecule is O=S(=O)(Nc1cnc(Oc2ccc3ncccc3c2)c(Cl)c1)c1ccc(F)cc1F. The molecule has 2 aromatic heterocycles. The largest absolute Gasteiger partial charge is 0.438 e. The van der Waals surface area contributed by atoms with Crippen molar-refractivity contribution >= 4 is 38.2 Å². The minimum absolute atomic E-state index is 0.0150. The van der Waals surface area contributed by atoms with Crippen LogP contribution in [0.5, 0.6) is 11.6 Å². The maximum Gasteiger partial charge on any atom is 0.264 e. The first kappa shape index (κ1) is 20.0. The molecule has 6 nitrogen and oxygen atoms in total. The zero-order chi connectivity index (χ0) is 21.3. The number of nitrogens with one attached hydrogen (secondary N) is 1. The van der Waals surface area contributed by atoms with E-state index in [0.29, 0.717) is 11.8 Å². The number of fused-ring (bicyclic) bond motifs is 1. The average Bonchev–Trinajstić information content (AvgIpc) is 2.69. The Morgan fingerprint density at radius 1 is 1.00 bits per heavy atom. The van der Waals surface area contributed by atoms with Gasteiger partial charge in [0.25, 0.3) is 10.0 Å². The maximum absolute atomic E-state index is 13.8. The first-order valence-corrected chi connectivity index (χ1v) is 10.3. The highest BCUT2D eigenvalue weighted by atomic mass is 35.5. The summed E-state index contributed by atoms with van der Waals surface area (Å²) in [6.07, 6.45) is 2.85. The molecule has 2 heterocycles. The Labute approximate surface area is 175 Å². The molecule has 0 atom stereocenters. The van der Waals surface area contributed by atoms with Gasteiger partial charge >= 0.3 is 0 Å². The fraction of sp³-hybridized carbons (Fsp3) is 0. The molecule has 0 radical (unpaired) electrons. The van der Waals surface area contributed by atoms with Crippen molar-refractivity contribution in [1.82, 2.24) is 9.97 Å². The average molecular weight is 448 g/mol. The van der Waals surface area contributed by atoms with E-state index in [-0.39, 0.29) is 16.6 Å². The first-order chi connectivity index (χ1) is 14.3. The molecule has 0 fully saturated rings. The molecule has 30 heavy (non-hydrogen) atoms. The molecule has 4 rings (SSSR count). The van der Waals surface area contributed by atoms with Crippen LogP contribution in [0.3, 0.4) is 0 Å². The van der Waals surface area contributed by atoms with Crippen LogP contribution in [-0.4, -0.2) is 18.4 Å². The summed E-state index contributed by atoms with van der Waals surface area (Å²) in [5.41, 5.74) is 0.778. The van der Waals surface area contributed by atoms with Gasteiger partial charge in [0, 0.05) is 17.6 Å². The van der Waals surface area contributed by atoms with Crippen molar-refractivity contribution in [3.05, 3.63) is 83.6 Å². The molecule has 0 saturated heterocycles. The van der Waals surface area contributed by atoms with Gasteiger partial charge in [0.15, 0.2) is 0 Å². The van der Waals surface area contributed by atoms with Crippen LogP contribution in [0.15, 0.2) is 71.9 Å². The third-order valence-electron chi connectivity index (χ3n) is 4.03. The van der Waals surface area contributed by atoms with Crippen LogP contribution < -0.4 is 9.46 Å². The van der Waals surface area contributed by atoms with Crippen molar-refractivity contribution in [1.29, 1.82) is 0 Å². The second-order valence-corrected chi connectivity index (χ2v) is 8.21. The molecule has 0 aliphatic carbocycles. The van der Waals surface area contributed by atoms with Crippen LogP contribution in [0.1, 0.15) is 0 Å². The van der Waals surface area contributed by atoms with E-state index >= 15 is 0 Å². The highest BCUT2D eigenvalue weighted by Gasteiger charge is 2.20. The third-order valence-corrected chi connectivity index (χ3v) is 5.72. The topological polar surface area (TPSA) is 81.2 Å². The number of hydrogen-bond acceptors (Lipinski definition) is 5. The summed E-state index contributed by atoms with van der Waals surface area (Å²) in [7, 11) is -4.31. The Morgan fingerprint density at radius 3 is 2.60 bits per heavy atom. The van der Waals surface area contributed by atoms with Gasteiger partial charge in [-0.3, -0.25) is 9.71 Å². The number of aromatic nitrogens is 2. The van der Waals surface area contributed by atoms with Gasteiger partial charge in [-0.15, -0.1) is 0 Å². The molecule has 10 heteroatoms. The van der Waals surface area contributed by atoms with Gasteiger partial charge in [-0.25, -0.2) is 22.2 Å². The molecular weight excluding hydrogens is 436 g/mol. The molecule has 0 saturated carbocycles. The lowest BCUT2D eigenvalue weighted by Gasteiger charge is -2.11. The zero-order valence-corrected chi connectivity index (χ0v) is 16.6. The Bertz CT molecular complexity index is 1370. The summed E-state index contributed by atoms with van der Waals surface area (Å²) >= 11 is 6.17. The standard InChI is InChI=1S/C20H12ClF2N3O3S/c21-16-10-14(26-30(27,28)19-6-3-13(22)9-17(19)23)11-25-20(16)29-15-4-5-18-12(8-15)2-1-7-24-18/h1-11,26H. The number of halogens is 3. The van der Waals surface area contributed by atoms with Gasteiger partial charge in [-0.2, -0.15) is 0 Å². The summed E-state index contributed by atoms with van der Waals surface area (Å²) in [4.78, 5) is 7.53. The Balaban J connectivity index is 1.56. The summed E-state index contributed by atoms with van der Waals surface area (Å²) < 4.78 is 59.4. The highest BCUT2D eigenvalue weighted by molar-refractivity contribution is 7.92. The van der Waals surface area contributed by atoms with Crippen molar-refractivity contribution in [2.24, 2.45) is 0 Å². The van der Waals surface area contributed by atoms with E-state index in [2.05, 4.69) is 14.7 Å². The number of rotatable bonds is 5. The van der Waals surface area contributed by atoms with E-state index in [1.165, 1.54) is 12.3 Å². The van der Waals surface area contributed by atoms with E-state index < -0.39 is 26.6 Å². The Morgan fingerprint density at radius 2 is 1.83 bits per heavy atom. The molecule has 0 spiro atoms. The molecule has 0 aliphatic heterocycles. The van der Waals surface area contributed by atoms with Gasteiger partial charge in [0.2, 0.25) is 5.88 Å². The molecular formula is C20H12ClF2N3O3S. The number of anilines is 1. The number of ether oxygens (including phenoxy) is 1. The molecule has 152 valence electrons. The van der Waals surface area contributed by atoms with Crippen molar-refractivity contribution in [3.8, 4) is 11.6 Å². The van der Waals surface area contributed by atoms with Gasteiger partial charge in [0.1, 0.15) is 27.3 Å². The molecule has 0 amide bonds. The van der Waals surface area contributed by atoms with Crippen LogP contribution in [0.4, 0.5) is 14.5 Å². The van der Waals surface area contributed by atoms with E-state index in [9.17, 15) is 17.2 Å². The zero-order valence-electron chi connectivity index (χ0n) is 15.0. The number of nitrogens with zero attached hydrogens (tertiary/aromatic N) is 2. The van der Waals surface area contributed by atoms with Crippen LogP contribution in [-0.2, 0) is 10.0 Å². The lowest BCUT2D eigenvalue weighted by atomic mass is 10.2. The van der Waals surface area contributed by atoms with Gasteiger partial charge in [-0.05, 0) is 42.5 Å². The quantitative estimate of drug-likeness (QED) is 0.457. The Kier molecular flexibility index (Phi) is 5.23. The van der Waals surface area contributed by atoms with Gasteiger partial charge < -0.3 is 4.74 Å². The predicted octanol–water partition coefficient (Wildman–Crippen LogP) is 5.15. The molecule has 4 aromatic rings. The molecule has 0 aliphatic rings. The van der Waals surface area contributed by atoms with Crippen molar-refractivity contribution < 1.29 is 21.9 Å². The van der Waals surface area contributed by atoms with Crippen molar-refractivity contribution in [2.75, 3.05) is 4.72 Å². The summed E-state index contributed by atoms with van der Waals surface area (Å²) in [6, 6.07) is 12.3. The third kappa shape index (κ3) is 4.17. The molecule has 1 N–H and O–H groups in total. The van der Waals surface area contributed by atoms with E-state index in [0.717, 1.165) is 23.0 Å². The normalized spacial score (nSPS) is 11.4. The maximum atomic E-state index is 13.8. The minimum Gasteiger partial charge on any atom is -0.438 e. The fourth-order valence-corrected chi connectivity index (χ4v) is 3.99. The second kappa shape index (κ2) is 7.85. The summed E-state index contributed by atoms with van der Waals surface area (Å²) in [5.74, 6) is -1.59. The smallest absolute Gasteiger partial charge is 0.264 e. The van der Waals surface area contributed by atoms with Crippen LogP contribution >= 0.6 is 11.6 Å².